The third-order valence-corrected chi connectivity index (χ3v) is 3.52. The number of hydrogen-bond acceptors (Lipinski definition) is 3. The van der Waals surface area contributed by atoms with Crippen LogP contribution in [0.4, 0.5) is 0 Å². The van der Waals surface area contributed by atoms with Gasteiger partial charge in [0.25, 0.3) is 0 Å². The minimum absolute atomic E-state index is 0.279. The molecule has 0 spiro atoms. The summed E-state index contributed by atoms with van der Waals surface area (Å²) in [7, 11) is 0. The molecule has 0 aromatic heterocycles. The van der Waals surface area contributed by atoms with Crippen molar-refractivity contribution in [3.05, 3.63) is 34.3 Å². The van der Waals surface area contributed by atoms with Crippen LogP contribution in [-0.2, 0) is 9.47 Å². The van der Waals surface area contributed by atoms with Crippen LogP contribution in [0.1, 0.15) is 24.9 Å². The van der Waals surface area contributed by atoms with Crippen molar-refractivity contribution in [3.8, 4) is 0 Å². The fraction of sp³-hybridized carbons (Fsp3) is 0.538. The van der Waals surface area contributed by atoms with Gasteiger partial charge in [0.05, 0.1) is 12.7 Å². The summed E-state index contributed by atoms with van der Waals surface area (Å²) in [5, 5.41) is 3.49. The fourth-order valence-electron chi connectivity index (χ4n) is 1.84. The fourth-order valence-corrected chi connectivity index (χ4v) is 2.10. The van der Waals surface area contributed by atoms with Crippen molar-refractivity contribution in [2.45, 2.75) is 25.5 Å². The Morgan fingerprint density at radius 1 is 1.41 bits per heavy atom. The second kappa shape index (κ2) is 6.50. The van der Waals surface area contributed by atoms with Crippen molar-refractivity contribution in [3.63, 3.8) is 0 Å². The lowest BCUT2D eigenvalue weighted by molar-refractivity contribution is -0.137. The Labute approximate surface area is 111 Å². The molecule has 3 nitrogen and oxygen atoms in total. The van der Waals surface area contributed by atoms with Crippen LogP contribution < -0.4 is 5.32 Å². The smallest absolute Gasteiger partial charge is 0.147 e. The molecule has 2 rings (SSSR count). The molecule has 1 unspecified atom stereocenters. The van der Waals surface area contributed by atoms with Crippen molar-refractivity contribution in [2.24, 2.45) is 0 Å². The average molecular weight is 300 g/mol. The Bertz CT molecular complexity index is 336. The molecule has 2 atom stereocenters. The first-order valence-corrected chi connectivity index (χ1v) is 6.73. The predicted octanol–water partition coefficient (Wildman–Crippen LogP) is 2.86. The Kier molecular flexibility index (Phi) is 4.98. The van der Waals surface area contributed by atoms with Crippen molar-refractivity contribution in [1.29, 1.82) is 0 Å². The van der Waals surface area contributed by atoms with E-state index in [1.807, 2.05) is 0 Å². The molecule has 0 amide bonds. The van der Waals surface area contributed by atoms with Gasteiger partial charge in [-0.1, -0.05) is 28.1 Å². The van der Waals surface area contributed by atoms with Crippen LogP contribution in [-0.4, -0.2) is 26.0 Å². The lowest BCUT2D eigenvalue weighted by atomic mass is 10.1. The third kappa shape index (κ3) is 4.07. The van der Waals surface area contributed by atoms with E-state index in [2.05, 4.69) is 52.4 Å². The molecule has 0 bridgehead atoms. The summed E-state index contributed by atoms with van der Waals surface area (Å²) in [5.74, 6) is 0. The first kappa shape index (κ1) is 13.0. The van der Waals surface area contributed by atoms with Gasteiger partial charge in [-0.2, -0.15) is 0 Å². The van der Waals surface area contributed by atoms with Crippen LogP contribution in [0.3, 0.4) is 0 Å². The molecule has 1 aliphatic heterocycles. The molecule has 4 heteroatoms. The van der Waals surface area contributed by atoms with Crippen molar-refractivity contribution in [2.75, 3.05) is 19.9 Å². The van der Waals surface area contributed by atoms with E-state index in [1.165, 1.54) is 5.56 Å². The zero-order chi connectivity index (χ0) is 12.1. The molecule has 1 saturated heterocycles. The van der Waals surface area contributed by atoms with Crippen LogP contribution in [0, 0.1) is 0 Å². The number of ether oxygens (including phenoxy) is 2. The number of benzene rings is 1. The molecule has 0 saturated carbocycles. The van der Waals surface area contributed by atoms with Crippen LogP contribution in [0.5, 0.6) is 0 Å². The summed E-state index contributed by atoms with van der Waals surface area (Å²) in [6.45, 7) is 4.28. The zero-order valence-electron chi connectivity index (χ0n) is 9.99. The molecule has 1 fully saturated rings. The van der Waals surface area contributed by atoms with Gasteiger partial charge >= 0.3 is 0 Å². The van der Waals surface area contributed by atoms with E-state index in [0.717, 1.165) is 24.0 Å². The maximum absolute atomic E-state index is 5.49. The highest BCUT2D eigenvalue weighted by Crippen LogP contribution is 2.17. The number of halogens is 1. The first-order valence-electron chi connectivity index (χ1n) is 5.94. The van der Waals surface area contributed by atoms with Crippen LogP contribution in [0.2, 0.25) is 0 Å². The molecular formula is C13H18BrNO2. The monoisotopic (exact) mass is 299 g/mol. The Morgan fingerprint density at radius 3 is 2.82 bits per heavy atom. The van der Waals surface area contributed by atoms with E-state index >= 15 is 0 Å². The predicted molar refractivity (Wildman–Crippen MR) is 70.9 cm³/mol. The van der Waals surface area contributed by atoms with Gasteiger partial charge in [0.2, 0.25) is 0 Å². The van der Waals surface area contributed by atoms with Gasteiger partial charge in [0, 0.05) is 17.1 Å². The highest BCUT2D eigenvalue weighted by Gasteiger charge is 2.15. The first-order chi connectivity index (χ1) is 8.25. The lowest BCUT2D eigenvalue weighted by Gasteiger charge is -2.25. The van der Waals surface area contributed by atoms with Crippen molar-refractivity contribution < 1.29 is 9.47 Å². The topological polar surface area (TPSA) is 30.5 Å². The second-order valence-corrected chi connectivity index (χ2v) is 5.20. The van der Waals surface area contributed by atoms with Gasteiger partial charge in [-0.3, -0.25) is 0 Å². The molecule has 17 heavy (non-hydrogen) atoms. The average Bonchev–Trinajstić information content (AvgIpc) is 2.38. The molecule has 1 aromatic rings. The van der Waals surface area contributed by atoms with Crippen LogP contribution in [0.25, 0.3) is 0 Å². The minimum atomic E-state index is 0.279. The summed E-state index contributed by atoms with van der Waals surface area (Å²) in [6.07, 6.45) is 1.25. The molecule has 0 aliphatic carbocycles. The molecular weight excluding hydrogens is 282 g/mol. The standard InChI is InChI=1S/C13H18BrNO2/c1-10(11-2-4-12(14)5-3-11)15-8-13-6-7-16-9-17-13/h2-5,10,13,15H,6-9H2,1H3/t10-,13?/m1/s1. The Hall–Kier alpha value is -0.420. The number of rotatable bonds is 4. The molecule has 94 valence electrons. The minimum Gasteiger partial charge on any atom is -0.355 e. The van der Waals surface area contributed by atoms with E-state index in [4.69, 9.17) is 9.47 Å². The highest BCUT2D eigenvalue weighted by atomic mass is 79.9. The Morgan fingerprint density at radius 2 is 2.18 bits per heavy atom. The summed E-state index contributed by atoms with van der Waals surface area (Å²) in [4.78, 5) is 0. The summed E-state index contributed by atoms with van der Waals surface area (Å²) >= 11 is 3.44. The lowest BCUT2D eigenvalue weighted by Crippen LogP contribution is -2.35. The normalized spacial score (nSPS) is 22.4. The maximum Gasteiger partial charge on any atom is 0.147 e. The summed E-state index contributed by atoms with van der Waals surface area (Å²) in [5.41, 5.74) is 1.29. The molecule has 0 radical (unpaired) electrons. The van der Waals surface area contributed by atoms with Gasteiger partial charge in [0.15, 0.2) is 0 Å². The maximum atomic E-state index is 5.49. The molecule has 1 heterocycles. The molecule has 1 aromatic carbocycles. The second-order valence-electron chi connectivity index (χ2n) is 4.28. The zero-order valence-corrected chi connectivity index (χ0v) is 11.6. The van der Waals surface area contributed by atoms with Gasteiger partial charge < -0.3 is 14.8 Å². The SMILES string of the molecule is C[C@@H](NCC1CCOCO1)c1ccc(Br)cc1. The van der Waals surface area contributed by atoms with E-state index in [0.29, 0.717) is 12.8 Å². The quantitative estimate of drug-likeness (QED) is 0.927. The third-order valence-electron chi connectivity index (χ3n) is 2.99. The van der Waals surface area contributed by atoms with Crippen molar-refractivity contribution in [1.82, 2.24) is 5.32 Å². The number of nitrogens with one attached hydrogen (secondary N) is 1. The van der Waals surface area contributed by atoms with E-state index in [9.17, 15) is 0 Å². The van der Waals surface area contributed by atoms with Crippen LogP contribution >= 0.6 is 15.9 Å². The summed E-state index contributed by atoms with van der Waals surface area (Å²) in [6, 6.07) is 8.74. The largest absolute Gasteiger partial charge is 0.355 e. The van der Waals surface area contributed by atoms with E-state index < -0.39 is 0 Å². The van der Waals surface area contributed by atoms with Gasteiger partial charge in [-0.15, -0.1) is 0 Å². The van der Waals surface area contributed by atoms with E-state index in [-0.39, 0.29) is 6.10 Å². The molecule has 1 aliphatic rings. The van der Waals surface area contributed by atoms with Gasteiger partial charge in [-0.25, -0.2) is 0 Å². The van der Waals surface area contributed by atoms with E-state index in [1.54, 1.807) is 0 Å². The number of hydrogen-bond donors (Lipinski definition) is 1. The molecule has 1 N–H and O–H groups in total. The highest BCUT2D eigenvalue weighted by molar-refractivity contribution is 9.10. The van der Waals surface area contributed by atoms with Gasteiger partial charge in [0.1, 0.15) is 6.79 Å². The van der Waals surface area contributed by atoms with Crippen molar-refractivity contribution >= 4 is 15.9 Å². The Balaban J connectivity index is 1.80. The van der Waals surface area contributed by atoms with Gasteiger partial charge in [-0.05, 0) is 31.0 Å². The summed E-state index contributed by atoms with van der Waals surface area (Å²) < 4.78 is 11.8. The van der Waals surface area contributed by atoms with Crippen LogP contribution in [0.15, 0.2) is 28.7 Å².